The maximum Gasteiger partial charge on any atom is 0.319 e. The fraction of sp³-hybridized carbons (Fsp3) is 0.412. The number of halogens is 4. The largest absolute Gasteiger partial charge is 0.508 e. The van der Waals surface area contributed by atoms with Crippen molar-refractivity contribution in [3.63, 3.8) is 0 Å². The van der Waals surface area contributed by atoms with Gasteiger partial charge < -0.3 is 24.2 Å². The molecule has 3 atom stereocenters. The first-order valence-electron chi connectivity index (χ1n) is 15.4. The van der Waals surface area contributed by atoms with Crippen LogP contribution in [0.15, 0.2) is 24.3 Å². The number of ether oxygens (including phenoxy) is 3. The first-order chi connectivity index (χ1) is 22.3. The molecule has 0 radical (unpaired) electrons. The third-order valence-corrected chi connectivity index (χ3v) is 10.1. The Hall–Kier alpha value is -3.98. The molecule has 0 aliphatic carbocycles. The molecule has 0 spiro atoms. The van der Waals surface area contributed by atoms with Crippen LogP contribution in [0.1, 0.15) is 31.2 Å². The summed E-state index contributed by atoms with van der Waals surface area (Å²) in [5.74, 6) is 1.20. The number of terminal acetylenes is 1. The number of hydrogen-bond donors (Lipinski definition) is 1. The fourth-order valence-electron chi connectivity index (χ4n) is 7.72. The number of anilines is 1. The summed E-state index contributed by atoms with van der Waals surface area (Å²) in [5.41, 5.74) is -0.773. The van der Waals surface area contributed by atoms with Crippen molar-refractivity contribution in [2.45, 2.75) is 43.4 Å². The number of phenols is 1. The zero-order chi connectivity index (χ0) is 31.7. The van der Waals surface area contributed by atoms with Gasteiger partial charge in [-0.05, 0) is 55.0 Å². The Balaban J connectivity index is 1.36. The molecule has 1 aromatic heterocycles. The van der Waals surface area contributed by atoms with Crippen LogP contribution in [0.3, 0.4) is 0 Å². The topological polar surface area (TPSA) is 80.2 Å². The molecular formula is C34H30ClF3N4O4. The van der Waals surface area contributed by atoms with E-state index in [1.807, 2.05) is 4.90 Å². The molecule has 46 heavy (non-hydrogen) atoms. The second-order valence-electron chi connectivity index (χ2n) is 12.5. The van der Waals surface area contributed by atoms with Crippen molar-refractivity contribution in [2.24, 2.45) is 0 Å². The third kappa shape index (κ3) is 4.53. The van der Waals surface area contributed by atoms with Crippen LogP contribution in [0.5, 0.6) is 17.5 Å². The molecule has 0 saturated carbocycles. The summed E-state index contributed by atoms with van der Waals surface area (Å²) in [7, 11) is 0. The highest BCUT2D eigenvalue weighted by Crippen LogP contribution is 2.50. The Morgan fingerprint density at radius 2 is 2.02 bits per heavy atom. The lowest BCUT2D eigenvalue weighted by molar-refractivity contribution is 0.107. The summed E-state index contributed by atoms with van der Waals surface area (Å²) in [6.07, 6.45) is 7.54. The van der Waals surface area contributed by atoms with Crippen molar-refractivity contribution in [2.75, 3.05) is 51.0 Å². The third-order valence-electron chi connectivity index (χ3n) is 9.77. The smallest absolute Gasteiger partial charge is 0.319 e. The standard InChI is InChI=1S/C34H30ClF3N4O4/c1-2-22-24(37)6-5-18-11-21(43)12-23(25(18)22)26-28(35)31-27-30(29(26)38)39-33(46-17-34-7-3-8-41(34)14-19(36)13-34)40-32(27)42-9-4-10-44-15-20(42)16-45-31/h1,5-6,11-12,19-20,43H,3-4,7-10,13-17H2/t19-,20+,34+/m1/s1. The second kappa shape index (κ2) is 11.1. The number of fused-ring (bicyclic) bond motifs is 4. The van der Waals surface area contributed by atoms with Gasteiger partial charge in [0.05, 0.1) is 34.2 Å². The molecule has 3 aromatic carbocycles. The van der Waals surface area contributed by atoms with E-state index in [9.17, 15) is 13.9 Å². The van der Waals surface area contributed by atoms with E-state index in [1.165, 1.54) is 24.3 Å². The van der Waals surface area contributed by atoms with Gasteiger partial charge in [-0.3, -0.25) is 4.90 Å². The Morgan fingerprint density at radius 1 is 1.15 bits per heavy atom. The van der Waals surface area contributed by atoms with Gasteiger partial charge in [-0.2, -0.15) is 9.97 Å². The fourth-order valence-corrected chi connectivity index (χ4v) is 8.05. The van der Waals surface area contributed by atoms with E-state index in [2.05, 4.69) is 15.8 Å². The van der Waals surface area contributed by atoms with E-state index in [1.54, 1.807) is 0 Å². The molecular weight excluding hydrogens is 621 g/mol. The Kier molecular flexibility index (Phi) is 7.08. The van der Waals surface area contributed by atoms with E-state index in [0.29, 0.717) is 50.3 Å². The van der Waals surface area contributed by atoms with Gasteiger partial charge in [0.25, 0.3) is 0 Å². The first-order valence-corrected chi connectivity index (χ1v) is 15.8. The Morgan fingerprint density at radius 3 is 2.87 bits per heavy atom. The highest BCUT2D eigenvalue weighted by atomic mass is 35.5. The summed E-state index contributed by atoms with van der Waals surface area (Å²) in [4.78, 5) is 13.5. The highest BCUT2D eigenvalue weighted by Gasteiger charge is 2.49. The number of aromatic nitrogens is 2. The summed E-state index contributed by atoms with van der Waals surface area (Å²) in [6, 6.07) is 5.04. The van der Waals surface area contributed by atoms with Crippen molar-refractivity contribution in [1.82, 2.24) is 14.9 Å². The molecule has 12 heteroatoms. The zero-order valence-corrected chi connectivity index (χ0v) is 25.5. The van der Waals surface area contributed by atoms with Crippen LogP contribution < -0.4 is 14.4 Å². The SMILES string of the molecule is C#Cc1c(F)ccc2cc(O)cc(-c3c(Cl)c4c5c(nc(OC[C@@]67CCCN6C[C@H](F)C7)nc5c3F)N3CCCOC[C@H]3CO4)c12. The van der Waals surface area contributed by atoms with E-state index in [-0.39, 0.29) is 74.8 Å². The number of alkyl halides is 1. The van der Waals surface area contributed by atoms with E-state index < -0.39 is 23.3 Å². The van der Waals surface area contributed by atoms with E-state index in [4.69, 9.17) is 37.2 Å². The van der Waals surface area contributed by atoms with Crippen LogP contribution in [0.4, 0.5) is 19.0 Å². The molecule has 0 unspecified atom stereocenters. The van der Waals surface area contributed by atoms with Crippen molar-refractivity contribution in [3.05, 3.63) is 46.5 Å². The van der Waals surface area contributed by atoms with E-state index >= 15 is 4.39 Å². The lowest BCUT2D eigenvalue weighted by Crippen LogP contribution is -2.43. The summed E-state index contributed by atoms with van der Waals surface area (Å²) < 4.78 is 65.0. The van der Waals surface area contributed by atoms with Crippen molar-refractivity contribution in [3.8, 4) is 41.0 Å². The van der Waals surface area contributed by atoms with Crippen LogP contribution in [-0.4, -0.2) is 83.8 Å². The van der Waals surface area contributed by atoms with Crippen LogP contribution in [0.2, 0.25) is 5.02 Å². The first kappa shape index (κ1) is 29.4. The van der Waals surface area contributed by atoms with Crippen LogP contribution in [0.25, 0.3) is 32.8 Å². The molecule has 4 aromatic rings. The molecule has 8 nitrogen and oxygen atoms in total. The predicted molar refractivity (Wildman–Crippen MR) is 168 cm³/mol. The number of aromatic hydroxyl groups is 1. The number of benzene rings is 3. The number of hydrogen-bond acceptors (Lipinski definition) is 8. The minimum Gasteiger partial charge on any atom is -0.508 e. The molecule has 0 bridgehead atoms. The van der Waals surface area contributed by atoms with Crippen LogP contribution >= 0.6 is 11.6 Å². The molecule has 1 N–H and O–H groups in total. The maximum absolute atomic E-state index is 17.1. The number of rotatable bonds is 4. The minimum atomic E-state index is -0.944. The molecule has 4 aliphatic rings. The number of phenolic OH excluding ortho intramolecular Hbond substituents is 1. The van der Waals surface area contributed by atoms with Crippen LogP contribution in [0, 0.1) is 24.0 Å². The molecule has 3 fully saturated rings. The van der Waals surface area contributed by atoms with Crippen molar-refractivity contribution >= 4 is 39.1 Å². The average Bonchev–Trinajstić information content (AvgIpc) is 3.38. The quantitative estimate of drug-likeness (QED) is 0.269. The number of nitrogens with zero attached hydrogens (tertiary/aromatic N) is 4. The summed E-state index contributed by atoms with van der Waals surface area (Å²) >= 11 is 7.01. The summed E-state index contributed by atoms with van der Waals surface area (Å²) in [6.45, 7) is 2.92. The predicted octanol–water partition coefficient (Wildman–Crippen LogP) is 6.01. The Labute approximate surface area is 268 Å². The van der Waals surface area contributed by atoms with Gasteiger partial charge in [0.15, 0.2) is 11.6 Å². The monoisotopic (exact) mass is 650 g/mol. The average molecular weight is 651 g/mol. The van der Waals surface area contributed by atoms with Gasteiger partial charge in [-0.1, -0.05) is 23.6 Å². The molecule has 0 amide bonds. The lowest BCUT2D eigenvalue weighted by atomic mass is 9.92. The maximum atomic E-state index is 17.1. The highest BCUT2D eigenvalue weighted by molar-refractivity contribution is 6.37. The zero-order valence-electron chi connectivity index (χ0n) is 24.8. The lowest BCUT2D eigenvalue weighted by Gasteiger charge is -2.31. The normalized spacial score (nSPS) is 24.3. The van der Waals surface area contributed by atoms with Gasteiger partial charge in [-0.15, -0.1) is 6.42 Å². The second-order valence-corrected chi connectivity index (χ2v) is 12.9. The summed E-state index contributed by atoms with van der Waals surface area (Å²) in [5, 5.41) is 11.4. The minimum absolute atomic E-state index is 0.0638. The molecule has 3 saturated heterocycles. The van der Waals surface area contributed by atoms with Gasteiger partial charge in [0.2, 0.25) is 0 Å². The molecule has 4 aliphatic heterocycles. The molecule has 8 rings (SSSR count). The van der Waals surface area contributed by atoms with Crippen LogP contribution in [-0.2, 0) is 4.74 Å². The van der Waals surface area contributed by atoms with Crippen molar-refractivity contribution in [1.29, 1.82) is 0 Å². The van der Waals surface area contributed by atoms with Gasteiger partial charge in [0, 0.05) is 37.1 Å². The van der Waals surface area contributed by atoms with E-state index in [0.717, 1.165) is 19.4 Å². The van der Waals surface area contributed by atoms with Gasteiger partial charge in [-0.25, -0.2) is 13.2 Å². The van der Waals surface area contributed by atoms with Gasteiger partial charge in [0.1, 0.15) is 42.3 Å². The molecule has 238 valence electrons. The Bertz CT molecular complexity index is 1950. The van der Waals surface area contributed by atoms with Crippen molar-refractivity contribution < 1.29 is 32.5 Å². The van der Waals surface area contributed by atoms with Gasteiger partial charge >= 0.3 is 6.01 Å². The molecule has 5 heterocycles.